The summed E-state index contributed by atoms with van der Waals surface area (Å²) < 4.78 is 52.5. The van der Waals surface area contributed by atoms with Gasteiger partial charge in [-0.3, -0.25) is 15.1 Å². The number of rotatable bonds is 22. The number of carbonyl (C=O) groups excluding carboxylic acids is 2. The van der Waals surface area contributed by atoms with Gasteiger partial charge in [-0.05, 0) is 74.6 Å². The number of hydrogen-bond donors (Lipinski definition) is 11. The number of benzene rings is 4. The van der Waals surface area contributed by atoms with Crippen molar-refractivity contribution in [1.29, 1.82) is 0 Å². The summed E-state index contributed by atoms with van der Waals surface area (Å²) in [6, 6.07) is 30.1. The quantitative estimate of drug-likeness (QED) is 0.0309. The van der Waals surface area contributed by atoms with Gasteiger partial charge in [-0.2, -0.15) is 18.4 Å². The Labute approximate surface area is 525 Å². The minimum absolute atomic E-state index is 0.185. The summed E-state index contributed by atoms with van der Waals surface area (Å²) in [5.74, 6) is -5.87. The number of aryl methyl sites for hydroxylation is 1. The van der Waals surface area contributed by atoms with Crippen LogP contribution in [-0.2, 0) is 52.3 Å². The number of hydrogen-bond acceptors (Lipinski definition) is 25. The monoisotopic (exact) mass is 1310 g/mol. The summed E-state index contributed by atoms with van der Waals surface area (Å²) in [7, 11) is 3.37. The SMILES string of the molecule is CN1CCN(Cc2ccc(Nc3ncc(Cl)c([NH2+]c4ccccc4S(=O)(=O)N(C)C)n3)cc2)CC1.Cc1cnc(Nc2ccc(CN3CCN(C)CC3)cc2)nc1Nc1ccccc1S(=O)(=O)[NH+](C)C.O=C([O-])[C@H](O)[C@@H](O)C(=O)O.O=C([O-])[C@H](O)[C@@H](O)C(=O)O. The third-order valence-corrected chi connectivity index (χ3v) is 17.9. The van der Waals surface area contributed by atoms with Crippen molar-refractivity contribution in [2.24, 2.45) is 0 Å². The van der Waals surface area contributed by atoms with Gasteiger partial charge in [0.2, 0.25) is 21.9 Å². The fourth-order valence-electron chi connectivity index (χ4n) is 8.20. The normalized spacial score (nSPS) is 15.5. The van der Waals surface area contributed by atoms with Crippen LogP contribution in [0.25, 0.3) is 0 Å². The maximum atomic E-state index is 12.8. The van der Waals surface area contributed by atoms with E-state index in [9.17, 15) is 46.2 Å². The number of carboxylic acid groups (broad SMARTS) is 4. The molecule has 6 aromatic rings. The van der Waals surface area contributed by atoms with E-state index in [0.29, 0.717) is 44.2 Å². The van der Waals surface area contributed by atoms with Crippen LogP contribution in [0.5, 0.6) is 0 Å². The van der Waals surface area contributed by atoms with E-state index in [-0.39, 0.29) is 9.79 Å². The molecule has 0 saturated carbocycles. The van der Waals surface area contributed by atoms with Crippen molar-refractivity contribution in [3.63, 3.8) is 0 Å². The molecular formula is C57H75ClN14O16S2. The van der Waals surface area contributed by atoms with Crippen LogP contribution in [0.15, 0.2) is 119 Å². The van der Waals surface area contributed by atoms with Crippen molar-refractivity contribution in [2.75, 3.05) is 111 Å². The fourth-order valence-corrected chi connectivity index (χ4v) is 10.5. The van der Waals surface area contributed by atoms with Crippen LogP contribution in [0.3, 0.4) is 0 Å². The third-order valence-electron chi connectivity index (χ3n) is 13.7. The molecule has 0 aliphatic carbocycles. The largest absolute Gasteiger partial charge is 0.547 e. The zero-order chi connectivity index (χ0) is 66.6. The Morgan fingerprint density at radius 3 is 1.47 bits per heavy atom. The predicted molar refractivity (Wildman–Crippen MR) is 326 cm³/mol. The lowest BCUT2D eigenvalue weighted by Crippen LogP contribution is -3.07. The predicted octanol–water partition coefficient (Wildman–Crippen LogP) is -2.66. The topological polar surface area (TPSA) is 429 Å². The van der Waals surface area contributed by atoms with Crippen molar-refractivity contribution in [3.05, 3.63) is 131 Å². The van der Waals surface area contributed by atoms with E-state index in [4.69, 9.17) is 42.2 Å². The number of nitrogens with one attached hydrogen (secondary N) is 4. The Morgan fingerprint density at radius 2 is 1.04 bits per heavy atom. The van der Waals surface area contributed by atoms with Gasteiger partial charge in [0.05, 0.1) is 37.9 Å². The van der Waals surface area contributed by atoms with Crippen LogP contribution in [0, 0.1) is 6.92 Å². The second-order valence-electron chi connectivity index (χ2n) is 21.1. The number of halogens is 1. The molecule has 0 spiro atoms. The van der Waals surface area contributed by atoms with Crippen molar-refractivity contribution in [1.82, 2.24) is 43.8 Å². The average Bonchev–Trinajstić information content (AvgIpc) is 0.930. The summed E-state index contributed by atoms with van der Waals surface area (Å²) in [5.41, 5.74) is 6.06. The number of nitrogens with zero attached hydrogens (tertiary/aromatic N) is 9. The van der Waals surface area contributed by atoms with Crippen LogP contribution < -0.4 is 35.8 Å². The summed E-state index contributed by atoms with van der Waals surface area (Å²) >= 11 is 6.35. The lowest BCUT2D eigenvalue weighted by atomic mass is 10.2. The molecule has 2 aliphatic rings. The summed E-state index contributed by atoms with van der Waals surface area (Å²) in [6.45, 7) is 12.5. The van der Waals surface area contributed by atoms with Gasteiger partial charge in [-0.25, -0.2) is 36.6 Å². The van der Waals surface area contributed by atoms with Crippen molar-refractivity contribution < 1.29 is 86.5 Å². The molecule has 0 amide bonds. The standard InChI is InChI=1S/C25H33N7O2S.C24H30ClN7O2S.2C4H6O6/c1-19-17-26-25(27-21-11-9-20(10-12-21)18-32-15-13-31(4)14-16-32)29-24(19)28-22-7-5-6-8-23(22)35(33,34)30(2)3;1-30(2)35(33,34)22-7-5-4-6-21(22)28-23-20(25)16-26-24(29-23)27-19-10-8-18(9-11-19)17-32-14-12-31(3)13-15-32;2*5-1(3(7)8)2(6)4(9)10/h5-12,17H,13-16,18H2,1-4H3,(H2,26,27,28,29);4-11,16H,12-15,17H2,1-3H3,(H2,26,27,28,29);2*1-2,5-6H,(H,7,8)(H,9,10)/t;;2*1-,2-/m..11/s1. The van der Waals surface area contributed by atoms with E-state index in [2.05, 4.69) is 93.8 Å². The Morgan fingerprint density at radius 1 is 0.622 bits per heavy atom. The van der Waals surface area contributed by atoms with Crippen molar-refractivity contribution in [2.45, 2.75) is 54.2 Å². The zero-order valence-corrected chi connectivity index (χ0v) is 52.7. The second-order valence-corrected chi connectivity index (χ2v) is 25.8. The number of aliphatic carboxylic acids is 4. The van der Waals surface area contributed by atoms with Gasteiger partial charge >= 0.3 is 22.0 Å². The van der Waals surface area contributed by atoms with Crippen LogP contribution in [0.2, 0.25) is 5.02 Å². The first-order valence-corrected chi connectivity index (χ1v) is 30.9. The lowest BCUT2D eigenvalue weighted by molar-refractivity contribution is -0.717. The molecule has 4 aromatic carbocycles. The number of aliphatic hydroxyl groups is 4. The van der Waals surface area contributed by atoms with Crippen LogP contribution >= 0.6 is 11.6 Å². The van der Waals surface area contributed by atoms with Gasteiger partial charge in [-0.1, -0.05) is 60.1 Å². The third kappa shape index (κ3) is 21.6. The van der Waals surface area contributed by atoms with E-state index in [0.717, 1.165) is 82.4 Å². The molecule has 90 heavy (non-hydrogen) atoms. The van der Waals surface area contributed by atoms with E-state index in [1.807, 2.05) is 31.2 Å². The van der Waals surface area contributed by atoms with E-state index in [1.165, 1.54) is 35.7 Å². The number of quaternary nitrogens is 2. The number of aliphatic hydroxyl groups excluding tert-OH is 4. The second kappa shape index (κ2) is 33.8. The molecule has 4 atom stereocenters. The molecule has 4 heterocycles. The number of para-hydroxylation sites is 2. The number of sulfonamides is 2. The molecule has 0 unspecified atom stereocenters. The minimum atomic E-state index is -3.62. The van der Waals surface area contributed by atoms with E-state index >= 15 is 0 Å². The average molecular weight is 1310 g/mol. The number of carboxylic acids is 4. The van der Waals surface area contributed by atoms with Gasteiger partial charge in [0, 0.05) is 109 Å². The van der Waals surface area contributed by atoms with Crippen LogP contribution in [-0.4, -0.2) is 234 Å². The first-order valence-electron chi connectivity index (χ1n) is 27.6. The van der Waals surface area contributed by atoms with Crippen molar-refractivity contribution >= 4 is 102 Å². The minimum Gasteiger partial charge on any atom is -0.547 e. The Hall–Kier alpha value is -7.93. The Kier molecular flexibility index (Phi) is 27.3. The summed E-state index contributed by atoms with van der Waals surface area (Å²) in [5, 5.41) is 79.9. The zero-order valence-electron chi connectivity index (χ0n) is 50.3. The molecule has 0 radical (unpaired) electrons. The lowest BCUT2D eigenvalue weighted by Gasteiger charge is -2.32. The molecule has 488 valence electrons. The number of piperazine rings is 2. The first-order chi connectivity index (χ1) is 42.4. The fraction of sp³-hybridized carbons (Fsp3) is 0.368. The number of nitrogens with two attached hydrogens (primary N) is 1. The Balaban J connectivity index is 0.000000252. The molecule has 2 saturated heterocycles. The van der Waals surface area contributed by atoms with Crippen molar-refractivity contribution in [3.8, 4) is 0 Å². The highest BCUT2D eigenvalue weighted by atomic mass is 35.5. The van der Waals surface area contributed by atoms with Gasteiger partial charge in [0.25, 0.3) is 5.82 Å². The van der Waals surface area contributed by atoms with Gasteiger partial charge in [-0.15, -0.1) is 0 Å². The number of carbonyl (C=O) groups is 4. The van der Waals surface area contributed by atoms with E-state index < -0.39 is 68.3 Å². The molecular weight excluding hydrogens is 1240 g/mol. The highest BCUT2D eigenvalue weighted by Crippen LogP contribution is 2.27. The summed E-state index contributed by atoms with van der Waals surface area (Å²) in [6.07, 6.45) is -6.19. The molecule has 2 fully saturated rings. The maximum Gasteiger partial charge on any atom is 0.335 e. The van der Waals surface area contributed by atoms with Gasteiger partial charge < -0.3 is 76.2 Å². The van der Waals surface area contributed by atoms with Crippen LogP contribution in [0.1, 0.15) is 16.7 Å². The van der Waals surface area contributed by atoms with Crippen LogP contribution in [0.4, 0.5) is 46.3 Å². The highest BCUT2D eigenvalue weighted by molar-refractivity contribution is 7.89. The molecule has 33 heteroatoms. The Bertz CT molecular complexity index is 3330. The molecule has 2 aromatic heterocycles. The number of aromatic nitrogens is 4. The number of likely N-dealkylation sites (N-methyl/N-ethyl adjacent to an activating group) is 2. The molecule has 30 nitrogen and oxygen atoms in total. The number of anilines is 6. The van der Waals surface area contributed by atoms with Gasteiger partial charge in [0.1, 0.15) is 32.8 Å². The first kappa shape index (κ1) is 72.8. The smallest absolute Gasteiger partial charge is 0.335 e. The molecule has 8 rings (SSSR count). The maximum absolute atomic E-state index is 12.8. The van der Waals surface area contributed by atoms with Gasteiger partial charge in [0.15, 0.2) is 17.9 Å². The summed E-state index contributed by atoms with van der Waals surface area (Å²) in [4.78, 5) is 66.7. The van der Waals surface area contributed by atoms with E-state index in [1.54, 1.807) is 74.1 Å². The molecule has 2 aliphatic heterocycles. The molecule has 0 bridgehead atoms. The molecule has 12 N–H and O–H groups in total. The highest BCUT2D eigenvalue weighted by Gasteiger charge is 2.28.